The molecule has 0 radical (unpaired) electrons. The van der Waals surface area contributed by atoms with E-state index in [9.17, 15) is 9.18 Å². The topological polar surface area (TPSA) is 55.6 Å². The Kier molecular flexibility index (Phi) is 4.95. The molecule has 1 heterocycles. The maximum absolute atomic E-state index is 13.1. The molecule has 2 rings (SSSR count). The Morgan fingerprint density at radius 2 is 2.30 bits per heavy atom. The third kappa shape index (κ3) is 3.70. The lowest BCUT2D eigenvalue weighted by Crippen LogP contribution is -2.37. The minimum absolute atomic E-state index is 0.0991. The van der Waals surface area contributed by atoms with Gasteiger partial charge in [-0.15, -0.1) is 0 Å². The number of ether oxygens (including phenoxy) is 1. The fourth-order valence-corrected chi connectivity index (χ4v) is 2.58. The quantitative estimate of drug-likeness (QED) is 0.680. The molecule has 20 heavy (non-hydrogen) atoms. The van der Waals surface area contributed by atoms with Crippen LogP contribution >= 0.6 is 0 Å². The summed E-state index contributed by atoms with van der Waals surface area (Å²) in [6.07, 6.45) is 4.39. The molecule has 0 amide bonds. The van der Waals surface area contributed by atoms with Gasteiger partial charge in [-0.25, -0.2) is 9.18 Å². The van der Waals surface area contributed by atoms with Crippen molar-refractivity contribution in [2.45, 2.75) is 31.7 Å². The summed E-state index contributed by atoms with van der Waals surface area (Å²) in [5, 5.41) is 0. The van der Waals surface area contributed by atoms with E-state index in [1.165, 1.54) is 25.0 Å². The molecule has 1 unspecified atom stereocenters. The van der Waals surface area contributed by atoms with Gasteiger partial charge in [-0.1, -0.05) is 6.42 Å². The monoisotopic (exact) mass is 280 g/mol. The molecule has 0 aliphatic carbocycles. The predicted molar refractivity (Wildman–Crippen MR) is 76.0 cm³/mol. The van der Waals surface area contributed by atoms with Gasteiger partial charge in [0, 0.05) is 11.7 Å². The van der Waals surface area contributed by atoms with Crippen molar-refractivity contribution in [1.29, 1.82) is 0 Å². The maximum Gasteiger partial charge on any atom is 0.340 e. The van der Waals surface area contributed by atoms with Gasteiger partial charge < -0.3 is 15.4 Å². The number of likely N-dealkylation sites (tertiary alicyclic amines) is 1. The first kappa shape index (κ1) is 14.8. The van der Waals surface area contributed by atoms with Crippen LogP contribution in [0.2, 0.25) is 0 Å². The van der Waals surface area contributed by atoms with Gasteiger partial charge >= 0.3 is 5.97 Å². The number of carbonyl (C=O) groups is 1. The summed E-state index contributed by atoms with van der Waals surface area (Å²) in [5.74, 6) is -1.04. The fraction of sp³-hybridized carbons (Fsp3) is 0.533. The van der Waals surface area contributed by atoms with Crippen LogP contribution < -0.4 is 5.73 Å². The molecule has 1 fully saturated rings. The van der Waals surface area contributed by atoms with Gasteiger partial charge in [0.25, 0.3) is 0 Å². The number of nitrogens with two attached hydrogens (primary N) is 1. The number of hydrogen-bond acceptors (Lipinski definition) is 4. The van der Waals surface area contributed by atoms with Crippen molar-refractivity contribution in [2.24, 2.45) is 0 Å². The van der Waals surface area contributed by atoms with Crippen LogP contribution in [0.25, 0.3) is 0 Å². The molecule has 5 heteroatoms. The van der Waals surface area contributed by atoms with Crippen molar-refractivity contribution in [3.8, 4) is 0 Å². The van der Waals surface area contributed by atoms with E-state index in [1.54, 1.807) is 0 Å². The highest BCUT2D eigenvalue weighted by Gasteiger charge is 2.19. The summed E-state index contributed by atoms with van der Waals surface area (Å²) in [5.41, 5.74) is 5.99. The Labute approximate surface area is 118 Å². The van der Waals surface area contributed by atoms with E-state index >= 15 is 0 Å². The van der Waals surface area contributed by atoms with Crippen LogP contribution in [0, 0.1) is 5.82 Å². The van der Waals surface area contributed by atoms with E-state index in [0.29, 0.717) is 12.6 Å². The van der Waals surface area contributed by atoms with E-state index < -0.39 is 11.8 Å². The summed E-state index contributed by atoms with van der Waals surface area (Å²) >= 11 is 0. The van der Waals surface area contributed by atoms with Crippen molar-refractivity contribution in [3.05, 3.63) is 29.6 Å². The van der Waals surface area contributed by atoms with E-state index in [1.807, 2.05) is 0 Å². The van der Waals surface area contributed by atoms with Gasteiger partial charge in [-0.2, -0.15) is 0 Å². The molecule has 1 saturated heterocycles. The molecule has 4 nitrogen and oxygen atoms in total. The standard InChI is InChI=1S/C15H21FN2O2/c1-18-8-3-2-4-12(18)7-9-20-15(19)13-10-11(16)5-6-14(13)17/h5-6,10,12H,2-4,7-9,17H2,1H3. The molecular formula is C15H21FN2O2. The van der Waals surface area contributed by atoms with Crippen LogP contribution in [0.5, 0.6) is 0 Å². The second kappa shape index (κ2) is 6.70. The number of nitrogens with zero attached hydrogens (tertiary/aromatic N) is 1. The number of piperidine rings is 1. The Morgan fingerprint density at radius 1 is 1.50 bits per heavy atom. The number of anilines is 1. The van der Waals surface area contributed by atoms with Gasteiger partial charge in [0.05, 0.1) is 12.2 Å². The highest BCUT2D eigenvalue weighted by atomic mass is 19.1. The van der Waals surface area contributed by atoms with Crippen molar-refractivity contribution in [3.63, 3.8) is 0 Å². The molecule has 0 bridgehead atoms. The first-order valence-corrected chi connectivity index (χ1v) is 7.00. The number of carbonyl (C=O) groups excluding carboxylic acids is 1. The minimum Gasteiger partial charge on any atom is -0.462 e. The van der Waals surface area contributed by atoms with Gasteiger partial charge in [0.15, 0.2) is 0 Å². The average molecular weight is 280 g/mol. The number of benzene rings is 1. The molecule has 2 N–H and O–H groups in total. The average Bonchev–Trinajstić information content (AvgIpc) is 2.43. The summed E-state index contributed by atoms with van der Waals surface area (Å²) < 4.78 is 18.3. The Hall–Kier alpha value is -1.62. The van der Waals surface area contributed by atoms with Crippen LogP contribution in [-0.2, 0) is 4.74 Å². The second-order valence-electron chi connectivity index (χ2n) is 5.29. The number of esters is 1. The van der Waals surface area contributed by atoms with E-state index in [4.69, 9.17) is 10.5 Å². The summed E-state index contributed by atoms with van der Waals surface area (Å²) in [7, 11) is 2.09. The van der Waals surface area contributed by atoms with Gasteiger partial charge in [0.1, 0.15) is 5.82 Å². The highest BCUT2D eigenvalue weighted by molar-refractivity contribution is 5.95. The molecule has 1 aromatic carbocycles. The van der Waals surface area contributed by atoms with Crippen LogP contribution in [0.15, 0.2) is 18.2 Å². The van der Waals surface area contributed by atoms with Crippen LogP contribution in [-0.4, -0.2) is 37.1 Å². The number of halogens is 1. The Bertz CT molecular complexity index is 479. The smallest absolute Gasteiger partial charge is 0.340 e. The van der Waals surface area contributed by atoms with Crippen LogP contribution in [0.3, 0.4) is 0 Å². The van der Waals surface area contributed by atoms with Crippen LogP contribution in [0.4, 0.5) is 10.1 Å². The second-order valence-corrected chi connectivity index (χ2v) is 5.29. The molecule has 1 aliphatic heterocycles. The maximum atomic E-state index is 13.1. The fourth-order valence-electron chi connectivity index (χ4n) is 2.58. The minimum atomic E-state index is -0.555. The molecule has 0 spiro atoms. The third-order valence-corrected chi connectivity index (χ3v) is 3.84. The Morgan fingerprint density at radius 3 is 3.05 bits per heavy atom. The van der Waals surface area contributed by atoms with Crippen molar-refractivity contribution in [1.82, 2.24) is 4.90 Å². The lowest BCUT2D eigenvalue weighted by Gasteiger charge is -2.32. The molecule has 0 aromatic heterocycles. The van der Waals surface area contributed by atoms with Crippen LogP contribution in [0.1, 0.15) is 36.0 Å². The zero-order chi connectivity index (χ0) is 14.5. The number of rotatable bonds is 4. The third-order valence-electron chi connectivity index (χ3n) is 3.84. The van der Waals surface area contributed by atoms with Crippen molar-refractivity contribution >= 4 is 11.7 Å². The molecule has 110 valence electrons. The van der Waals surface area contributed by atoms with Gasteiger partial charge in [0.2, 0.25) is 0 Å². The van der Waals surface area contributed by atoms with Gasteiger partial charge in [-0.3, -0.25) is 0 Å². The van der Waals surface area contributed by atoms with E-state index in [2.05, 4.69) is 11.9 Å². The Balaban J connectivity index is 1.84. The lowest BCUT2D eigenvalue weighted by atomic mass is 10.0. The van der Waals surface area contributed by atoms with Gasteiger partial charge in [-0.05, 0) is 51.1 Å². The first-order valence-electron chi connectivity index (χ1n) is 7.00. The predicted octanol–water partition coefficient (Wildman–Crippen LogP) is 2.44. The largest absolute Gasteiger partial charge is 0.462 e. The number of hydrogen-bond donors (Lipinski definition) is 1. The van der Waals surface area contributed by atoms with Crippen molar-refractivity contribution < 1.29 is 13.9 Å². The van der Waals surface area contributed by atoms with Crippen molar-refractivity contribution in [2.75, 3.05) is 25.9 Å². The molecule has 1 aromatic rings. The van der Waals surface area contributed by atoms with E-state index in [-0.39, 0.29) is 11.3 Å². The zero-order valence-electron chi connectivity index (χ0n) is 11.8. The lowest BCUT2D eigenvalue weighted by molar-refractivity contribution is 0.0451. The summed E-state index contributed by atoms with van der Waals surface area (Å²) in [6, 6.07) is 4.18. The summed E-state index contributed by atoms with van der Waals surface area (Å²) in [4.78, 5) is 14.2. The molecule has 1 aliphatic rings. The normalized spacial score (nSPS) is 19.8. The molecular weight excluding hydrogens is 259 g/mol. The SMILES string of the molecule is CN1CCCCC1CCOC(=O)c1cc(F)ccc1N. The highest BCUT2D eigenvalue weighted by Crippen LogP contribution is 2.19. The molecule has 1 atom stereocenters. The molecule has 0 saturated carbocycles. The summed E-state index contributed by atoms with van der Waals surface area (Å²) in [6.45, 7) is 1.43. The number of nitrogen functional groups attached to an aromatic ring is 1. The first-order chi connectivity index (χ1) is 9.58. The zero-order valence-corrected chi connectivity index (χ0v) is 11.8. The van der Waals surface area contributed by atoms with E-state index in [0.717, 1.165) is 25.5 Å².